The van der Waals surface area contributed by atoms with Gasteiger partial charge >= 0.3 is 0 Å². The van der Waals surface area contributed by atoms with Crippen molar-refractivity contribution in [3.63, 3.8) is 0 Å². The van der Waals surface area contributed by atoms with Crippen LogP contribution in [0.5, 0.6) is 0 Å². The Bertz CT molecular complexity index is 664. The van der Waals surface area contributed by atoms with Gasteiger partial charge in [-0.2, -0.15) is 5.10 Å². The van der Waals surface area contributed by atoms with Crippen LogP contribution in [0.3, 0.4) is 0 Å². The quantitative estimate of drug-likeness (QED) is 0.470. The summed E-state index contributed by atoms with van der Waals surface area (Å²) in [5.74, 6) is 0. The average Bonchev–Trinajstić information content (AvgIpc) is 2.46. The first-order valence-electron chi connectivity index (χ1n) is 5.83. The molecule has 0 saturated carbocycles. The highest BCUT2D eigenvalue weighted by molar-refractivity contribution is 6.42. The summed E-state index contributed by atoms with van der Waals surface area (Å²) in [5, 5.41) is 17.0. The molecule has 0 unspecified atom stereocenters. The van der Waals surface area contributed by atoms with Crippen molar-refractivity contribution in [1.82, 2.24) is 0 Å². The van der Waals surface area contributed by atoms with E-state index in [9.17, 15) is 0 Å². The van der Waals surface area contributed by atoms with Crippen molar-refractivity contribution in [2.75, 3.05) is 5.43 Å². The Kier molecular flexibility index (Phi) is 5.44. The Morgan fingerprint density at radius 2 is 1.67 bits per heavy atom. The molecule has 0 radical (unpaired) electrons. The zero-order valence-corrected chi connectivity index (χ0v) is 12.9. The Morgan fingerprint density at radius 1 is 1.05 bits per heavy atom. The van der Waals surface area contributed by atoms with Crippen molar-refractivity contribution in [1.29, 1.82) is 0 Å². The Morgan fingerprint density at radius 3 is 2.24 bits per heavy atom. The van der Waals surface area contributed by atoms with Gasteiger partial charge < -0.3 is 5.21 Å². The highest BCUT2D eigenvalue weighted by Gasteiger charge is 2.08. The Hall–Kier alpha value is -1.75. The molecule has 0 spiro atoms. The zero-order chi connectivity index (χ0) is 15.2. The third-order valence-electron chi connectivity index (χ3n) is 2.54. The maximum Gasteiger partial charge on any atom is 0.112 e. The lowest BCUT2D eigenvalue weighted by Gasteiger charge is -2.08. The van der Waals surface area contributed by atoms with E-state index in [0.717, 1.165) is 5.56 Å². The minimum Gasteiger partial charge on any atom is -0.411 e. The molecule has 0 saturated heterocycles. The molecule has 2 N–H and O–H groups in total. The number of hydrazone groups is 1. The number of nitrogens with one attached hydrogen (secondary N) is 1. The molecule has 0 heterocycles. The number of rotatable bonds is 4. The van der Waals surface area contributed by atoms with E-state index in [-0.39, 0.29) is 0 Å². The van der Waals surface area contributed by atoms with Gasteiger partial charge in [-0.15, -0.1) is 0 Å². The van der Waals surface area contributed by atoms with Crippen LogP contribution in [0.15, 0.2) is 52.7 Å². The second-order valence-electron chi connectivity index (χ2n) is 3.96. The van der Waals surface area contributed by atoms with Crippen LogP contribution in [0.2, 0.25) is 15.1 Å². The van der Waals surface area contributed by atoms with Crippen molar-refractivity contribution in [2.24, 2.45) is 10.3 Å². The monoisotopic (exact) mass is 341 g/mol. The van der Waals surface area contributed by atoms with Gasteiger partial charge in [0.1, 0.15) is 5.71 Å². The fraction of sp³-hybridized carbons (Fsp3) is 0. The lowest BCUT2D eigenvalue weighted by Crippen LogP contribution is -2.06. The van der Waals surface area contributed by atoms with Gasteiger partial charge in [0, 0.05) is 10.6 Å². The summed E-state index contributed by atoms with van der Waals surface area (Å²) in [4.78, 5) is 0. The van der Waals surface area contributed by atoms with Crippen molar-refractivity contribution in [3.8, 4) is 0 Å². The maximum absolute atomic E-state index is 8.73. The number of nitrogens with zero attached hydrogens (tertiary/aromatic N) is 2. The smallest absolute Gasteiger partial charge is 0.112 e. The molecule has 2 aromatic carbocycles. The SMILES string of the molecule is O/N=C\C(=N/Nc1c(Cl)cc(Cl)cc1Cl)c1ccccc1. The van der Waals surface area contributed by atoms with Gasteiger partial charge in [-0.1, -0.05) is 70.3 Å². The van der Waals surface area contributed by atoms with Crippen molar-refractivity contribution in [3.05, 3.63) is 63.1 Å². The normalized spacial score (nSPS) is 11.9. The largest absolute Gasteiger partial charge is 0.411 e. The molecule has 0 aliphatic rings. The maximum atomic E-state index is 8.73. The van der Waals surface area contributed by atoms with Crippen molar-refractivity contribution < 1.29 is 5.21 Å². The molecule has 7 heteroatoms. The van der Waals surface area contributed by atoms with E-state index in [1.54, 1.807) is 12.1 Å². The minimum atomic E-state index is 0.338. The van der Waals surface area contributed by atoms with E-state index in [1.807, 2.05) is 30.3 Å². The van der Waals surface area contributed by atoms with Crippen LogP contribution in [-0.2, 0) is 0 Å². The molecular formula is C14H10Cl3N3O. The molecule has 2 rings (SSSR count). The molecule has 0 aliphatic heterocycles. The first kappa shape index (κ1) is 15.6. The fourth-order valence-electron chi connectivity index (χ4n) is 1.60. The first-order valence-corrected chi connectivity index (χ1v) is 6.96. The zero-order valence-electron chi connectivity index (χ0n) is 10.6. The van der Waals surface area contributed by atoms with Gasteiger partial charge in [0.05, 0.1) is 21.9 Å². The highest BCUT2D eigenvalue weighted by atomic mass is 35.5. The third kappa shape index (κ3) is 4.11. The molecule has 0 amide bonds. The molecule has 4 nitrogen and oxygen atoms in total. The summed E-state index contributed by atoms with van der Waals surface area (Å²) in [5.41, 5.74) is 4.36. The van der Waals surface area contributed by atoms with Crippen LogP contribution >= 0.6 is 34.8 Å². The third-order valence-corrected chi connectivity index (χ3v) is 3.36. The van der Waals surface area contributed by atoms with Crippen molar-refractivity contribution in [2.45, 2.75) is 0 Å². The van der Waals surface area contributed by atoms with Crippen LogP contribution in [0.4, 0.5) is 5.69 Å². The molecule has 0 aliphatic carbocycles. The fourth-order valence-corrected chi connectivity index (χ4v) is 2.50. The molecule has 0 fully saturated rings. The number of halogens is 3. The number of hydrogen-bond donors (Lipinski definition) is 2. The summed E-state index contributed by atoms with van der Waals surface area (Å²) in [6.45, 7) is 0. The second kappa shape index (κ2) is 7.31. The number of oxime groups is 1. The minimum absolute atomic E-state index is 0.338. The van der Waals surface area contributed by atoms with Crippen LogP contribution in [0.25, 0.3) is 0 Å². The molecule has 108 valence electrons. The van der Waals surface area contributed by atoms with Crippen LogP contribution < -0.4 is 5.43 Å². The van der Waals surface area contributed by atoms with E-state index in [1.165, 1.54) is 6.21 Å². The average molecular weight is 343 g/mol. The molecule has 0 bridgehead atoms. The predicted molar refractivity (Wildman–Crippen MR) is 88.4 cm³/mol. The van der Waals surface area contributed by atoms with Crippen LogP contribution in [-0.4, -0.2) is 17.1 Å². The lowest BCUT2D eigenvalue weighted by molar-refractivity contribution is 0.322. The van der Waals surface area contributed by atoms with E-state index in [2.05, 4.69) is 15.7 Å². The Labute approximate surface area is 136 Å². The van der Waals surface area contributed by atoms with E-state index in [0.29, 0.717) is 26.5 Å². The standard InChI is InChI=1S/C14H10Cl3N3O/c15-10-6-11(16)14(12(17)7-10)20-19-13(8-18-21)9-4-2-1-3-5-9/h1-8,20-21H/b18-8-,19-13+. The summed E-state index contributed by atoms with van der Waals surface area (Å²) >= 11 is 18.0. The highest BCUT2D eigenvalue weighted by Crippen LogP contribution is 2.33. The van der Waals surface area contributed by atoms with Crippen LogP contribution in [0.1, 0.15) is 5.56 Å². The Balaban J connectivity index is 2.34. The van der Waals surface area contributed by atoms with E-state index in [4.69, 9.17) is 40.0 Å². The topological polar surface area (TPSA) is 57.0 Å². The van der Waals surface area contributed by atoms with Gasteiger partial charge in [0.15, 0.2) is 0 Å². The van der Waals surface area contributed by atoms with Gasteiger partial charge in [-0.25, -0.2) is 0 Å². The van der Waals surface area contributed by atoms with Gasteiger partial charge in [-0.05, 0) is 12.1 Å². The summed E-state index contributed by atoms with van der Waals surface area (Å²) in [6, 6.07) is 12.3. The molecule has 0 atom stereocenters. The van der Waals surface area contributed by atoms with E-state index < -0.39 is 0 Å². The molecule has 21 heavy (non-hydrogen) atoms. The van der Waals surface area contributed by atoms with E-state index >= 15 is 0 Å². The first-order chi connectivity index (χ1) is 10.1. The van der Waals surface area contributed by atoms with Gasteiger partial charge in [-0.3, -0.25) is 5.43 Å². The number of hydrogen-bond acceptors (Lipinski definition) is 4. The summed E-state index contributed by atoms with van der Waals surface area (Å²) in [6.07, 6.45) is 1.21. The van der Waals surface area contributed by atoms with Crippen LogP contribution in [0, 0.1) is 0 Å². The molecule has 0 aromatic heterocycles. The molecule has 2 aromatic rings. The lowest BCUT2D eigenvalue weighted by atomic mass is 10.1. The molecular weight excluding hydrogens is 333 g/mol. The van der Waals surface area contributed by atoms with Gasteiger partial charge in [0.25, 0.3) is 0 Å². The summed E-state index contributed by atoms with van der Waals surface area (Å²) in [7, 11) is 0. The summed E-state index contributed by atoms with van der Waals surface area (Å²) < 4.78 is 0. The number of benzene rings is 2. The van der Waals surface area contributed by atoms with Crippen molar-refractivity contribution >= 4 is 52.4 Å². The predicted octanol–water partition coefficient (Wildman–Crippen LogP) is 4.92. The second-order valence-corrected chi connectivity index (χ2v) is 5.21. The van der Waals surface area contributed by atoms with Gasteiger partial charge in [0.2, 0.25) is 0 Å². The number of anilines is 1.